The average molecular weight is 559 g/mol. The van der Waals surface area contributed by atoms with Gasteiger partial charge in [-0.25, -0.2) is 0 Å². The normalized spacial score (nSPS) is 10.9. The van der Waals surface area contributed by atoms with Crippen LogP contribution in [0.25, 0.3) is 10.9 Å². The van der Waals surface area contributed by atoms with Gasteiger partial charge < -0.3 is 24.4 Å². The van der Waals surface area contributed by atoms with Crippen molar-refractivity contribution in [3.8, 4) is 5.75 Å². The van der Waals surface area contributed by atoms with Gasteiger partial charge in [-0.15, -0.1) is 10.2 Å². The molecule has 0 radical (unpaired) electrons. The highest BCUT2D eigenvalue weighted by Crippen LogP contribution is 2.41. The fraction of sp³-hybridized carbons (Fsp3) is 0.333. The second-order valence-corrected chi connectivity index (χ2v) is 8.59. The first-order chi connectivity index (χ1) is 18.7. The van der Waals surface area contributed by atoms with Gasteiger partial charge in [0.15, 0.2) is 5.00 Å². The summed E-state index contributed by atoms with van der Waals surface area (Å²) in [5.74, 6) is -1.36. The number of nitrogens with one attached hydrogen (secondary N) is 1. The summed E-state index contributed by atoms with van der Waals surface area (Å²) in [7, 11) is 1.39. The van der Waals surface area contributed by atoms with Crippen molar-refractivity contribution in [3.63, 3.8) is 0 Å². The number of esters is 2. The fourth-order valence-corrected chi connectivity index (χ4v) is 4.18. The summed E-state index contributed by atoms with van der Waals surface area (Å²) in [6.45, 7) is 4.32. The molecule has 1 N–H and O–H groups in total. The van der Waals surface area contributed by atoms with Crippen LogP contribution in [-0.4, -0.2) is 60.6 Å². The Kier molecular flexibility index (Phi) is 9.80. The Morgan fingerprint density at radius 1 is 1.08 bits per heavy atom. The molecule has 3 aromatic rings. The first kappa shape index (κ1) is 28.9. The highest BCUT2D eigenvalue weighted by Gasteiger charge is 2.23. The van der Waals surface area contributed by atoms with Gasteiger partial charge in [0, 0.05) is 30.5 Å². The van der Waals surface area contributed by atoms with Gasteiger partial charge in [-0.2, -0.15) is 4.37 Å². The Labute approximate surface area is 226 Å². The number of non-ortho nitro benzene ring substituents is 1. The van der Waals surface area contributed by atoms with Crippen molar-refractivity contribution in [1.29, 1.82) is 0 Å². The van der Waals surface area contributed by atoms with Gasteiger partial charge >= 0.3 is 11.9 Å². The molecule has 14 nitrogen and oxygen atoms in total. The summed E-state index contributed by atoms with van der Waals surface area (Å²) in [6, 6.07) is 7.18. The van der Waals surface area contributed by atoms with E-state index in [2.05, 4.69) is 19.9 Å². The molecule has 0 aliphatic carbocycles. The highest BCUT2D eigenvalue weighted by molar-refractivity contribution is 7.11. The molecular weight excluding hydrogens is 532 g/mol. The molecule has 0 saturated heterocycles. The first-order valence-corrected chi connectivity index (χ1v) is 12.5. The lowest BCUT2D eigenvalue weighted by molar-refractivity contribution is -0.384. The number of methoxy groups -OCH3 is 1. The van der Waals surface area contributed by atoms with Crippen LogP contribution in [0.3, 0.4) is 0 Å². The molecule has 39 heavy (non-hydrogen) atoms. The molecule has 1 heterocycles. The van der Waals surface area contributed by atoms with Gasteiger partial charge in [0.2, 0.25) is 5.91 Å². The zero-order chi connectivity index (χ0) is 28.5. The molecule has 1 amide bonds. The summed E-state index contributed by atoms with van der Waals surface area (Å²) in [6.07, 6.45) is 0. The summed E-state index contributed by atoms with van der Waals surface area (Å²) in [4.78, 5) is 48.6. The van der Waals surface area contributed by atoms with E-state index < -0.39 is 22.8 Å². The van der Waals surface area contributed by atoms with E-state index in [0.717, 1.165) is 11.5 Å². The molecule has 0 unspecified atom stereocenters. The second-order valence-electron chi connectivity index (χ2n) is 7.83. The number of benzene rings is 2. The van der Waals surface area contributed by atoms with Gasteiger partial charge in [0.05, 0.1) is 42.1 Å². The molecule has 0 aliphatic rings. The monoisotopic (exact) mass is 558 g/mol. The summed E-state index contributed by atoms with van der Waals surface area (Å²) in [5, 5.41) is 23.1. The van der Waals surface area contributed by atoms with Crippen LogP contribution in [0, 0.1) is 10.1 Å². The molecule has 3 rings (SSSR count). The third-order valence-corrected chi connectivity index (χ3v) is 5.86. The van der Waals surface area contributed by atoms with Crippen molar-refractivity contribution in [3.05, 3.63) is 40.4 Å². The third-order valence-electron chi connectivity index (χ3n) is 5.10. The maximum Gasteiger partial charge on any atom is 0.325 e. The number of nitro groups is 1. The largest absolute Gasteiger partial charge is 0.494 e. The van der Waals surface area contributed by atoms with Crippen LogP contribution in [0.15, 0.2) is 40.6 Å². The van der Waals surface area contributed by atoms with Crippen LogP contribution in [0.5, 0.6) is 5.75 Å². The fourth-order valence-electron chi connectivity index (χ4n) is 3.49. The van der Waals surface area contributed by atoms with Gasteiger partial charge in [0.1, 0.15) is 24.5 Å². The molecule has 0 aliphatic heterocycles. The van der Waals surface area contributed by atoms with Gasteiger partial charge in [-0.1, -0.05) is 0 Å². The quantitative estimate of drug-likeness (QED) is 0.144. The lowest BCUT2D eigenvalue weighted by Crippen LogP contribution is -2.36. The molecule has 0 bridgehead atoms. The molecule has 0 atom stereocenters. The zero-order valence-electron chi connectivity index (χ0n) is 21.6. The lowest BCUT2D eigenvalue weighted by Gasteiger charge is -2.25. The van der Waals surface area contributed by atoms with E-state index in [-0.39, 0.29) is 49.1 Å². The van der Waals surface area contributed by atoms with Crippen LogP contribution in [0.2, 0.25) is 0 Å². The summed E-state index contributed by atoms with van der Waals surface area (Å²) >= 11 is 1.00. The number of nitro benzene ring substituents is 1. The Morgan fingerprint density at radius 2 is 1.74 bits per heavy atom. The number of amides is 1. The number of hydrogen-bond acceptors (Lipinski definition) is 13. The number of ether oxygens (including phenoxy) is 3. The number of carbonyl (C=O) groups excluding carboxylic acids is 3. The van der Waals surface area contributed by atoms with Crippen LogP contribution < -0.4 is 15.0 Å². The van der Waals surface area contributed by atoms with Crippen LogP contribution in [-0.2, 0) is 23.9 Å². The van der Waals surface area contributed by atoms with E-state index in [1.807, 2.05) is 0 Å². The predicted octanol–water partition coefficient (Wildman–Crippen LogP) is 4.52. The van der Waals surface area contributed by atoms with Crippen molar-refractivity contribution < 1.29 is 33.5 Å². The van der Waals surface area contributed by atoms with Gasteiger partial charge in [0.25, 0.3) is 5.69 Å². The van der Waals surface area contributed by atoms with Crippen molar-refractivity contribution in [2.45, 2.75) is 20.8 Å². The first-order valence-electron chi connectivity index (χ1n) is 11.7. The topological polar surface area (TPSA) is 175 Å². The second kappa shape index (κ2) is 13.2. The SMILES string of the molecule is CCOC(=O)CN(CC(=O)OCC)c1cc(NC(C)=O)c(N=Nc2snc3ccc([N+](=O)[O-])cc23)cc1OC. The zero-order valence-corrected chi connectivity index (χ0v) is 22.4. The number of aromatic nitrogens is 1. The molecule has 0 spiro atoms. The Morgan fingerprint density at radius 3 is 2.31 bits per heavy atom. The highest BCUT2D eigenvalue weighted by atomic mass is 32.1. The van der Waals surface area contributed by atoms with E-state index in [9.17, 15) is 24.5 Å². The number of nitrogens with zero attached hydrogens (tertiary/aromatic N) is 5. The van der Waals surface area contributed by atoms with E-state index in [1.165, 1.54) is 49.3 Å². The number of rotatable bonds is 12. The smallest absolute Gasteiger partial charge is 0.325 e. The maximum absolute atomic E-state index is 12.3. The van der Waals surface area contributed by atoms with Crippen LogP contribution in [0.1, 0.15) is 20.8 Å². The molecule has 206 valence electrons. The van der Waals surface area contributed by atoms with Gasteiger partial charge in [-0.3, -0.25) is 24.5 Å². The minimum Gasteiger partial charge on any atom is -0.494 e. The number of fused-ring (bicyclic) bond motifs is 1. The summed E-state index contributed by atoms with van der Waals surface area (Å²) < 4.78 is 19.8. The number of hydrogen-bond donors (Lipinski definition) is 1. The van der Waals surface area contributed by atoms with Crippen molar-refractivity contribution in [2.24, 2.45) is 10.2 Å². The maximum atomic E-state index is 12.3. The van der Waals surface area contributed by atoms with E-state index in [4.69, 9.17) is 14.2 Å². The van der Waals surface area contributed by atoms with E-state index in [1.54, 1.807) is 13.8 Å². The Bertz CT molecular complexity index is 1400. The molecule has 2 aromatic carbocycles. The molecule has 1 aromatic heterocycles. The Balaban J connectivity index is 2.08. The Hall–Kier alpha value is -4.66. The van der Waals surface area contributed by atoms with Crippen molar-refractivity contribution in [2.75, 3.05) is 43.6 Å². The molecular formula is C24H26N6O8S. The number of carbonyl (C=O) groups is 3. The van der Waals surface area contributed by atoms with Crippen LogP contribution >= 0.6 is 11.5 Å². The molecule has 15 heteroatoms. The lowest BCUT2D eigenvalue weighted by atomic mass is 10.2. The number of azo groups is 1. The van der Waals surface area contributed by atoms with Crippen molar-refractivity contribution >= 4 is 68.0 Å². The third kappa shape index (κ3) is 7.44. The summed E-state index contributed by atoms with van der Waals surface area (Å²) in [5.41, 5.74) is 1.08. The van der Waals surface area contributed by atoms with Gasteiger partial charge in [-0.05, 0) is 37.5 Å². The van der Waals surface area contributed by atoms with Crippen LogP contribution in [0.4, 0.5) is 27.8 Å². The molecule has 0 saturated carbocycles. The minimum absolute atomic E-state index is 0.118. The van der Waals surface area contributed by atoms with E-state index >= 15 is 0 Å². The predicted molar refractivity (Wildman–Crippen MR) is 143 cm³/mol. The standard InChI is InChI=1S/C24H26N6O8S/c1-5-37-22(32)12-29(13-23(33)38-6-2)20-10-18(25-14(3)31)19(11-21(20)36-4)26-27-24-16-9-15(30(34)35)7-8-17(16)28-39-24/h7-11H,5-6,12-13H2,1-4H3,(H,25,31). The minimum atomic E-state index is -0.583. The molecule has 0 fully saturated rings. The number of anilines is 2. The average Bonchev–Trinajstić information content (AvgIpc) is 3.29. The van der Waals surface area contributed by atoms with E-state index in [0.29, 0.717) is 21.6 Å². The van der Waals surface area contributed by atoms with Crippen molar-refractivity contribution in [1.82, 2.24) is 4.37 Å².